The van der Waals surface area contributed by atoms with E-state index in [1.54, 1.807) is 0 Å². The van der Waals surface area contributed by atoms with Crippen LogP contribution in [0.15, 0.2) is 0 Å². The van der Waals surface area contributed by atoms with Gasteiger partial charge in [0.05, 0.1) is 39.1 Å². The van der Waals surface area contributed by atoms with Crippen molar-refractivity contribution in [1.29, 1.82) is 0 Å². The number of hydrogen-bond donors (Lipinski definition) is 19. The molecule has 0 aromatic heterocycles. The highest BCUT2D eigenvalue weighted by Gasteiger charge is 2.59. The SMILES string of the molecule is CC(=O)N[C@@H]1[C@@H](O[C@@H]2O[C@@H](C)[C@@H](O)[C@@H](O)[C@@H]2O)[C@H](O[C@@H]2O[C@H](CO)[C@@H](O[C@H]3O[C@H](CO)[C@@H](O)[C@H](O[C@H]4O[C@H](CO)[C@@H](O)[C@H](O)[C@@H]4O)[C@@H]3O[C@H]3O[C@H](CO)[C@@H](O)[C@H](O)[C@@H]3O)[C@H](O)[C@H]2NC(C)=O)[C@@H](CO)O[C@H]1O. The fourth-order valence-electron chi connectivity index (χ4n) is 9.23. The summed E-state index contributed by atoms with van der Waals surface area (Å²) >= 11 is 0. The number of ether oxygens (including phenoxy) is 11. The van der Waals surface area contributed by atoms with Crippen LogP contribution in [0.5, 0.6) is 0 Å². The van der Waals surface area contributed by atoms with Gasteiger partial charge in [0, 0.05) is 13.8 Å². The highest BCUT2D eigenvalue weighted by molar-refractivity contribution is 5.73. The Hall–Kier alpha value is -2.18. The van der Waals surface area contributed by atoms with E-state index in [9.17, 15) is 96.4 Å². The lowest BCUT2D eigenvalue weighted by Gasteiger charge is -2.52. The van der Waals surface area contributed by atoms with Crippen LogP contribution in [0, 0.1) is 0 Å². The molecule has 6 aliphatic heterocycles. The molecule has 418 valence electrons. The van der Waals surface area contributed by atoms with Gasteiger partial charge in [0.1, 0.15) is 140 Å². The molecule has 0 aliphatic carbocycles. The molecule has 6 saturated heterocycles. The Morgan fingerprint density at radius 1 is 0.361 bits per heavy atom. The van der Waals surface area contributed by atoms with Gasteiger partial charge in [-0.2, -0.15) is 0 Å². The zero-order valence-electron chi connectivity index (χ0n) is 38.8. The molecule has 0 spiro atoms. The van der Waals surface area contributed by atoms with E-state index in [-0.39, 0.29) is 0 Å². The van der Waals surface area contributed by atoms with Crippen molar-refractivity contribution in [3.63, 3.8) is 0 Å². The molecule has 0 radical (unpaired) electrons. The summed E-state index contributed by atoms with van der Waals surface area (Å²) in [6.45, 7) is -1.66. The number of carbonyl (C=O) groups is 2. The molecule has 0 aromatic carbocycles. The van der Waals surface area contributed by atoms with Crippen LogP contribution in [0.1, 0.15) is 20.8 Å². The lowest BCUT2D eigenvalue weighted by molar-refractivity contribution is -0.405. The van der Waals surface area contributed by atoms with Crippen LogP contribution >= 0.6 is 0 Å². The van der Waals surface area contributed by atoms with Crippen LogP contribution in [0.2, 0.25) is 0 Å². The average molecular weight is 1060 g/mol. The largest absolute Gasteiger partial charge is 0.394 e. The first kappa shape index (κ1) is 59.1. The van der Waals surface area contributed by atoms with Crippen LogP contribution < -0.4 is 10.6 Å². The number of carbonyl (C=O) groups excluding carboxylic acids is 2. The number of aliphatic hydroxyl groups is 17. The lowest BCUT2D eigenvalue weighted by Crippen LogP contribution is -2.71. The Morgan fingerprint density at radius 2 is 0.736 bits per heavy atom. The van der Waals surface area contributed by atoms with Crippen molar-refractivity contribution in [3.8, 4) is 0 Å². The minimum absolute atomic E-state index is 0.775. The lowest BCUT2D eigenvalue weighted by atomic mass is 9.93. The van der Waals surface area contributed by atoms with Crippen LogP contribution in [0.4, 0.5) is 0 Å². The molecule has 0 bridgehead atoms. The molecule has 6 heterocycles. The predicted molar refractivity (Wildman–Crippen MR) is 221 cm³/mol. The number of aliphatic hydroxyl groups excluding tert-OH is 17. The topological polar surface area (TPSA) is 504 Å². The van der Waals surface area contributed by atoms with Gasteiger partial charge >= 0.3 is 0 Å². The summed E-state index contributed by atoms with van der Waals surface area (Å²) in [5.74, 6) is -1.65. The molecular formula is C40H68N2O30. The molecule has 6 fully saturated rings. The summed E-state index contributed by atoms with van der Waals surface area (Å²) < 4.78 is 64.4. The second kappa shape index (κ2) is 25.3. The van der Waals surface area contributed by atoms with Gasteiger partial charge in [0.15, 0.2) is 37.7 Å². The number of amides is 2. The van der Waals surface area contributed by atoms with Crippen LogP contribution in [0.25, 0.3) is 0 Å². The molecule has 2 amide bonds. The number of rotatable bonds is 17. The summed E-state index contributed by atoms with van der Waals surface area (Å²) in [7, 11) is 0. The Labute approximate surface area is 408 Å². The first-order valence-electron chi connectivity index (χ1n) is 23.0. The maximum atomic E-state index is 12.8. The van der Waals surface area contributed by atoms with Crippen molar-refractivity contribution >= 4 is 11.8 Å². The van der Waals surface area contributed by atoms with Gasteiger partial charge in [-0.1, -0.05) is 0 Å². The second-order valence-corrected chi connectivity index (χ2v) is 18.2. The van der Waals surface area contributed by atoms with Gasteiger partial charge in [-0.15, -0.1) is 0 Å². The Bertz CT molecular complexity index is 1730. The summed E-state index contributed by atoms with van der Waals surface area (Å²) in [4.78, 5) is 25.3. The van der Waals surface area contributed by atoms with E-state index >= 15 is 0 Å². The Morgan fingerprint density at radius 3 is 1.24 bits per heavy atom. The van der Waals surface area contributed by atoms with E-state index in [0.29, 0.717) is 0 Å². The minimum Gasteiger partial charge on any atom is -0.394 e. The zero-order chi connectivity index (χ0) is 53.2. The zero-order valence-corrected chi connectivity index (χ0v) is 38.8. The first-order valence-corrected chi connectivity index (χ1v) is 23.0. The number of nitrogens with one attached hydrogen (secondary N) is 2. The minimum atomic E-state index is -2.17. The van der Waals surface area contributed by atoms with E-state index in [2.05, 4.69) is 10.6 Å². The van der Waals surface area contributed by atoms with Gasteiger partial charge in [0.2, 0.25) is 11.8 Å². The van der Waals surface area contributed by atoms with Crippen molar-refractivity contribution < 1.29 is 149 Å². The van der Waals surface area contributed by atoms with E-state index in [0.717, 1.165) is 13.8 Å². The first-order chi connectivity index (χ1) is 34.0. The molecule has 32 heteroatoms. The maximum absolute atomic E-state index is 12.8. The number of hydrogen-bond acceptors (Lipinski definition) is 30. The third-order valence-electron chi connectivity index (χ3n) is 13.2. The van der Waals surface area contributed by atoms with Crippen molar-refractivity contribution in [2.75, 3.05) is 33.0 Å². The summed E-state index contributed by atoms with van der Waals surface area (Å²) in [6, 6.07) is -3.47. The Balaban J connectivity index is 1.35. The molecule has 30 atom stereocenters. The molecular weight excluding hydrogens is 988 g/mol. The van der Waals surface area contributed by atoms with Crippen LogP contribution in [-0.2, 0) is 61.7 Å². The second-order valence-electron chi connectivity index (χ2n) is 18.2. The normalized spacial score (nSPS) is 50.3. The summed E-state index contributed by atoms with van der Waals surface area (Å²) in [6.07, 6.45) is -53.2. The molecule has 0 unspecified atom stereocenters. The smallest absolute Gasteiger partial charge is 0.217 e. The monoisotopic (exact) mass is 1060 g/mol. The van der Waals surface area contributed by atoms with E-state index in [1.807, 2.05) is 0 Å². The van der Waals surface area contributed by atoms with Crippen LogP contribution in [-0.4, -0.2) is 316 Å². The molecule has 32 nitrogen and oxygen atoms in total. The highest BCUT2D eigenvalue weighted by atomic mass is 16.8. The van der Waals surface area contributed by atoms with Gasteiger partial charge in [-0.3, -0.25) is 9.59 Å². The fraction of sp³-hybridized carbons (Fsp3) is 0.950. The van der Waals surface area contributed by atoms with Crippen molar-refractivity contribution in [3.05, 3.63) is 0 Å². The molecule has 19 N–H and O–H groups in total. The quantitative estimate of drug-likeness (QED) is 0.0643. The highest BCUT2D eigenvalue weighted by Crippen LogP contribution is 2.38. The summed E-state index contributed by atoms with van der Waals surface area (Å²) in [5, 5.41) is 187. The van der Waals surface area contributed by atoms with Crippen LogP contribution in [0.3, 0.4) is 0 Å². The van der Waals surface area contributed by atoms with Gasteiger partial charge in [-0.25, -0.2) is 0 Å². The maximum Gasteiger partial charge on any atom is 0.217 e. The van der Waals surface area contributed by atoms with E-state index in [1.165, 1.54) is 6.92 Å². The standard InChI is InChI=1S/C40H68N2O30/c1-9-19(50)24(55)27(58)37(62-9)70-32-18(42-11(3)49)35(61)63-16(8-47)31(32)69-36-17(41-10(2)48)23(54)30(15(7-46)67-36)68-40-34(72-39-29(60)26(57)21(52)13(5-44)65-39)33(22(53)14(6-45)66-40)71-38-28(59)25(56)20(51)12(4-43)64-38/h9,12-40,43-47,50-61H,4-8H2,1-3H3,(H,41,48)(H,42,49)/t9-,12+,13+,14+,15+,16+,17+,18+,19+,20+,21+,22+,23+,24+,25-,26-,27-,28-,29-,30+,31+,32+,33-,34-,35+,36-,37-,38+,39+,40+/m0/s1. The summed E-state index contributed by atoms with van der Waals surface area (Å²) in [5.41, 5.74) is 0. The Kier molecular flexibility index (Phi) is 20.8. The molecule has 72 heavy (non-hydrogen) atoms. The molecule has 6 aliphatic rings. The van der Waals surface area contributed by atoms with Crippen molar-refractivity contribution in [2.24, 2.45) is 0 Å². The van der Waals surface area contributed by atoms with E-state index in [4.69, 9.17) is 52.1 Å². The fourth-order valence-corrected chi connectivity index (χ4v) is 9.23. The third-order valence-corrected chi connectivity index (χ3v) is 13.2. The van der Waals surface area contributed by atoms with Gasteiger partial charge < -0.3 is 150 Å². The van der Waals surface area contributed by atoms with Crippen molar-refractivity contribution in [1.82, 2.24) is 10.6 Å². The van der Waals surface area contributed by atoms with Gasteiger partial charge in [0.25, 0.3) is 0 Å². The molecule has 0 aromatic rings. The van der Waals surface area contributed by atoms with Gasteiger partial charge in [-0.05, 0) is 6.92 Å². The third kappa shape index (κ3) is 12.5. The molecule has 6 rings (SSSR count). The van der Waals surface area contributed by atoms with Crippen molar-refractivity contribution in [2.45, 2.75) is 205 Å². The predicted octanol–water partition coefficient (Wildman–Crippen LogP) is -12.8. The average Bonchev–Trinajstić information content (AvgIpc) is 3.34. The van der Waals surface area contributed by atoms with E-state index < -0.39 is 229 Å². The molecule has 0 saturated carbocycles.